The average molecular weight is 452 g/mol. The maximum Gasteiger partial charge on any atom is 0.341 e. The maximum atomic E-state index is 12.7. The van der Waals surface area contributed by atoms with Crippen LogP contribution in [0.25, 0.3) is 0 Å². The highest BCUT2D eigenvalue weighted by Crippen LogP contribution is 2.39. The number of hydrogen-bond acceptors (Lipinski definition) is 5. The molecule has 0 atom stereocenters. The first-order valence-electron chi connectivity index (χ1n) is 9.01. The number of rotatable bonds is 6. The number of fused-ring (bicyclic) bond motifs is 1. The summed E-state index contributed by atoms with van der Waals surface area (Å²) in [6.45, 7) is 2.66. The molecule has 0 radical (unpaired) electrons. The van der Waals surface area contributed by atoms with Crippen LogP contribution in [0.15, 0.2) is 22.7 Å². The Hall–Kier alpha value is -1.86. The molecule has 5 nitrogen and oxygen atoms in total. The average Bonchev–Trinajstić information content (AvgIpc) is 3.04. The van der Waals surface area contributed by atoms with Gasteiger partial charge in [0.05, 0.1) is 23.8 Å². The first-order valence-corrected chi connectivity index (χ1v) is 10.6. The van der Waals surface area contributed by atoms with Gasteiger partial charge in [0.2, 0.25) is 0 Å². The largest absolute Gasteiger partial charge is 0.492 e. The molecular formula is C20H22BrNO4S. The summed E-state index contributed by atoms with van der Waals surface area (Å²) in [6, 6.07) is 5.22. The molecule has 0 saturated carbocycles. The minimum Gasteiger partial charge on any atom is -0.492 e. The van der Waals surface area contributed by atoms with Crippen LogP contribution in [-0.2, 0) is 17.6 Å². The number of aryl methyl sites for hydroxylation is 1. The van der Waals surface area contributed by atoms with Gasteiger partial charge in [-0.2, -0.15) is 0 Å². The third-order valence-corrected chi connectivity index (χ3v) is 6.27. The fourth-order valence-electron chi connectivity index (χ4n) is 3.12. The van der Waals surface area contributed by atoms with Crippen molar-refractivity contribution < 1.29 is 19.1 Å². The Kier molecular flexibility index (Phi) is 6.55. The van der Waals surface area contributed by atoms with Crippen LogP contribution in [0.5, 0.6) is 5.75 Å². The minimum atomic E-state index is -0.394. The molecule has 27 heavy (non-hydrogen) atoms. The van der Waals surface area contributed by atoms with E-state index in [-0.39, 0.29) is 5.91 Å². The zero-order chi connectivity index (χ0) is 19.4. The van der Waals surface area contributed by atoms with Crippen molar-refractivity contribution in [3.63, 3.8) is 0 Å². The molecule has 0 saturated heterocycles. The second-order valence-corrected chi connectivity index (χ2v) is 8.31. The van der Waals surface area contributed by atoms with Gasteiger partial charge >= 0.3 is 5.97 Å². The lowest BCUT2D eigenvalue weighted by Crippen LogP contribution is -2.15. The standard InChI is InChI=1S/C20H22BrNO4S/c1-3-10-26-15-9-8-12(11-14(15)21)18(23)22-19-17(20(24)25-2)13-6-4-5-7-16(13)27-19/h8-9,11H,3-7,10H2,1-2H3,(H,22,23). The Morgan fingerprint density at radius 2 is 2.04 bits per heavy atom. The van der Waals surface area contributed by atoms with Crippen LogP contribution >= 0.6 is 27.3 Å². The Bertz CT molecular complexity index is 862. The van der Waals surface area contributed by atoms with E-state index in [1.807, 2.05) is 6.92 Å². The lowest BCUT2D eigenvalue weighted by atomic mass is 9.95. The number of methoxy groups -OCH3 is 1. The predicted molar refractivity (Wildman–Crippen MR) is 110 cm³/mol. The van der Waals surface area contributed by atoms with E-state index < -0.39 is 5.97 Å². The minimum absolute atomic E-state index is 0.263. The number of halogens is 1. The van der Waals surface area contributed by atoms with Crippen molar-refractivity contribution in [2.75, 3.05) is 19.0 Å². The number of anilines is 1. The summed E-state index contributed by atoms with van der Waals surface area (Å²) in [4.78, 5) is 26.2. The molecule has 1 aromatic carbocycles. The van der Waals surface area contributed by atoms with Crippen LogP contribution in [0.4, 0.5) is 5.00 Å². The summed E-state index contributed by atoms with van der Waals surface area (Å²) in [6.07, 6.45) is 4.85. The molecule has 1 heterocycles. The van der Waals surface area contributed by atoms with Gasteiger partial charge in [-0.3, -0.25) is 4.79 Å². The molecule has 3 rings (SSSR count). The fraction of sp³-hybridized carbons (Fsp3) is 0.400. The molecule has 1 aromatic heterocycles. The van der Waals surface area contributed by atoms with Crippen molar-refractivity contribution in [1.82, 2.24) is 0 Å². The number of ether oxygens (including phenoxy) is 2. The van der Waals surface area contributed by atoms with Gasteiger partial charge in [-0.25, -0.2) is 4.79 Å². The summed E-state index contributed by atoms with van der Waals surface area (Å²) in [5, 5.41) is 3.48. The molecule has 7 heteroatoms. The highest BCUT2D eigenvalue weighted by Gasteiger charge is 2.27. The molecule has 144 valence electrons. The molecule has 0 fully saturated rings. The Morgan fingerprint density at radius 3 is 2.74 bits per heavy atom. The number of hydrogen-bond donors (Lipinski definition) is 1. The van der Waals surface area contributed by atoms with Crippen LogP contribution in [0, 0.1) is 0 Å². The van der Waals surface area contributed by atoms with Gasteiger partial charge < -0.3 is 14.8 Å². The molecule has 0 bridgehead atoms. The van der Waals surface area contributed by atoms with E-state index in [0.717, 1.165) is 42.1 Å². The van der Waals surface area contributed by atoms with Crippen LogP contribution in [-0.4, -0.2) is 25.6 Å². The Balaban J connectivity index is 1.85. The van der Waals surface area contributed by atoms with E-state index in [9.17, 15) is 9.59 Å². The number of carbonyl (C=O) groups excluding carboxylic acids is 2. The summed E-state index contributed by atoms with van der Waals surface area (Å²) >= 11 is 4.93. The quantitative estimate of drug-likeness (QED) is 0.611. The van der Waals surface area contributed by atoms with Gasteiger partial charge in [-0.05, 0) is 71.8 Å². The highest BCUT2D eigenvalue weighted by molar-refractivity contribution is 9.10. The van der Waals surface area contributed by atoms with Crippen molar-refractivity contribution in [3.05, 3.63) is 44.2 Å². The highest BCUT2D eigenvalue weighted by atomic mass is 79.9. The predicted octanol–water partition coefficient (Wildman–Crippen LogP) is 5.22. The first-order chi connectivity index (χ1) is 13.0. The molecule has 0 aliphatic heterocycles. The Labute approximate surface area is 171 Å². The lowest BCUT2D eigenvalue weighted by Gasteiger charge is -2.12. The van der Waals surface area contributed by atoms with Crippen LogP contribution in [0.2, 0.25) is 0 Å². The van der Waals surface area contributed by atoms with E-state index >= 15 is 0 Å². The molecule has 1 aliphatic carbocycles. The second kappa shape index (κ2) is 8.89. The van der Waals surface area contributed by atoms with E-state index in [4.69, 9.17) is 9.47 Å². The topological polar surface area (TPSA) is 64.6 Å². The van der Waals surface area contributed by atoms with Crippen molar-refractivity contribution in [1.29, 1.82) is 0 Å². The van der Waals surface area contributed by atoms with Gasteiger partial charge in [0, 0.05) is 10.4 Å². The summed E-state index contributed by atoms with van der Waals surface area (Å²) < 4.78 is 11.3. The van der Waals surface area contributed by atoms with Crippen molar-refractivity contribution in [3.8, 4) is 5.75 Å². The summed E-state index contributed by atoms with van der Waals surface area (Å²) in [7, 11) is 1.37. The number of thiophene rings is 1. The van der Waals surface area contributed by atoms with Gasteiger partial charge in [-0.1, -0.05) is 6.92 Å². The summed E-state index contributed by atoms with van der Waals surface area (Å²) in [5.41, 5.74) is 2.03. The second-order valence-electron chi connectivity index (χ2n) is 6.35. The van der Waals surface area contributed by atoms with E-state index in [1.165, 1.54) is 23.3 Å². The molecule has 1 aliphatic rings. The van der Waals surface area contributed by atoms with Crippen molar-refractivity contribution in [2.45, 2.75) is 39.0 Å². The van der Waals surface area contributed by atoms with Gasteiger partial charge in [-0.15, -0.1) is 11.3 Å². The van der Waals surface area contributed by atoms with Crippen molar-refractivity contribution in [2.24, 2.45) is 0 Å². The lowest BCUT2D eigenvalue weighted by molar-refractivity contribution is 0.0601. The molecule has 2 aromatic rings. The summed E-state index contributed by atoms with van der Waals surface area (Å²) in [5.74, 6) is 0.0472. The number of esters is 1. The molecule has 0 spiro atoms. The van der Waals surface area contributed by atoms with E-state index in [2.05, 4.69) is 21.2 Å². The zero-order valence-corrected chi connectivity index (χ0v) is 17.8. The van der Waals surface area contributed by atoms with Crippen LogP contribution in [0.3, 0.4) is 0 Å². The number of nitrogens with one attached hydrogen (secondary N) is 1. The van der Waals surface area contributed by atoms with Crippen LogP contribution < -0.4 is 10.1 Å². The van der Waals surface area contributed by atoms with E-state index in [0.29, 0.717) is 28.5 Å². The van der Waals surface area contributed by atoms with Gasteiger partial charge in [0.15, 0.2) is 0 Å². The van der Waals surface area contributed by atoms with Gasteiger partial charge in [0.1, 0.15) is 10.8 Å². The monoisotopic (exact) mass is 451 g/mol. The smallest absolute Gasteiger partial charge is 0.341 e. The Morgan fingerprint density at radius 1 is 1.26 bits per heavy atom. The third kappa shape index (κ3) is 4.35. The third-order valence-electron chi connectivity index (χ3n) is 4.44. The van der Waals surface area contributed by atoms with E-state index in [1.54, 1.807) is 18.2 Å². The fourth-order valence-corrected chi connectivity index (χ4v) is 4.88. The molecule has 1 amide bonds. The van der Waals surface area contributed by atoms with Gasteiger partial charge in [0.25, 0.3) is 5.91 Å². The normalized spacial score (nSPS) is 13.0. The zero-order valence-electron chi connectivity index (χ0n) is 15.4. The SMILES string of the molecule is CCCOc1ccc(C(=O)Nc2sc3c(c2C(=O)OC)CCCC3)cc1Br. The number of carbonyl (C=O) groups is 2. The molecular weight excluding hydrogens is 430 g/mol. The number of amides is 1. The van der Waals surface area contributed by atoms with Crippen LogP contribution in [0.1, 0.15) is 57.3 Å². The molecule has 0 unspecified atom stereocenters. The molecule has 1 N–H and O–H groups in total. The number of benzene rings is 1. The van der Waals surface area contributed by atoms with Crippen molar-refractivity contribution >= 4 is 44.1 Å². The first kappa shape index (κ1) is 19.9. The maximum absolute atomic E-state index is 12.7.